The molecular weight excluding hydrogens is 256 g/mol. The summed E-state index contributed by atoms with van der Waals surface area (Å²) in [6.45, 7) is 5.88. The van der Waals surface area contributed by atoms with Crippen LogP contribution in [0.5, 0.6) is 11.6 Å². The van der Waals surface area contributed by atoms with Gasteiger partial charge in [-0.05, 0) is 36.6 Å². The molecular formula is C15H16N2O3. The molecule has 1 aromatic carbocycles. The van der Waals surface area contributed by atoms with E-state index in [0.717, 1.165) is 11.3 Å². The lowest BCUT2D eigenvalue weighted by Crippen LogP contribution is -1.99. The molecule has 0 fully saturated rings. The molecule has 0 saturated carbocycles. The summed E-state index contributed by atoms with van der Waals surface area (Å²) in [6.07, 6.45) is 1.46. The molecule has 5 nitrogen and oxygen atoms in total. The maximum Gasteiger partial charge on any atom is 0.335 e. The van der Waals surface area contributed by atoms with Gasteiger partial charge in [-0.2, -0.15) is 0 Å². The third kappa shape index (κ3) is 3.12. The Bertz CT molecular complexity index is 639. The lowest BCUT2D eigenvalue weighted by molar-refractivity contribution is 0.0697. The molecule has 0 aliphatic carbocycles. The average Bonchev–Trinajstić information content (AvgIpc) is 2.41. The lowest BCUT2D eigenvalue weighted by atomic mass is 10.1. The topological polar surface area (TPSA) is 72.3 Å². The Morgan fingerprint density at radius 1 is 1.25 bits per heavy atom. The Hall–Kier alpha value is -2.43. The zero-order chi connectivity index (χ0) is 14.7. The van der Waals surface area contributed by atoms with Crippen LogP contribution >= 0.6 is 0 Å². The quantitative estimate of drug-likeness (QED) is 0.923. The van der Waals surface area contributed by atoms with Gasteiger partial charge in [0.25, 0.3) is 0 Å². The number of ether oxygens (including phenoxy) is 1. The summed E-state index contributed by atoms with van der Waals surface area (Å²) in [5.74, 6) is 0.373. The highest BCUT2D eigenvalue weighted by Gasteiger charge is 2.09. The molecule has 1 aromatic heterocycles. The molecule has 0 amide bonds. The van der Waals surface area contributed by atoms with E-state index in [-0.39, 0.29) is 11.5 Å². The number of aryl methyl sites for hydroxylation is 1. The molecule has 0 atom stereocenters. The van der Waals surface area contributed by atoms with Crippen molar-refractivity contribution in [3.8, 4) is 11.6 Å². The molecule has 0 bridgehead atoms. The van der Waals surface area contributed by atoms with Gasteiger partial charge in [0, 0.05) is 6.07 Å². The molecule has 1 N–H and O–H groups in total. The average molecular weight is 272 g/mol. The molecule has 0 radical (unpaired) electrons. The van der Waals surface area contributed by atoms with E-state index >= 15 is 0 Å². The highest BCUT2D eigenvalue weighted by Crippen LogP contribution is 2.25. The summed E-state index contributed by atoms with van der Waals surface area (Å²) in [5.41, 5.74) is 1.88. The summed E-state index contributed by atoms with van der Waals surface area (Å²) in [7, 11) is 0. The summed E-state index contributed by atoms with van der Waals surface area (Å²) < 4.78 is 5.69. The number of aromatic carboxylic acids is 1. The van der Waals surface area contributed by atoms with Crippen LogP contribution in [0.15, 0.2) is 30.6 Å². The van der Waals surface area contributed by atoms with Crippen molar-refractivity contribution >= 4 is 5.97 Å². The molecule has 1 heterocycles. The number of nitrogens with zero attached hydrogens (tertiary/aromatic N) is 2. The molecule has 5 heteroatoms. The van der Waals surface area contributed by atoms with Gasteiger partial charge in [-0.1, -0.05) is 13.8 Å². The third-order valence-electron chi connectivity index (χ3n) is 2.89. The summed E-state index contributed by atoms with van der Waals surface area (Å²) in [5, 5.41) is 8.93. The van der Waals surface area contributed by atoms with E-state index in [9.17, 15) is 4.79 Å². The highest BCUT2D eigenvalue weighted by molar-refractivity contribution is 5.88. The Morgan fingerprint density at radius 3 is 2.60 bits per heavy atom. The van der Waals surface area contributed by atoms with Crippen LogP contribution < -0.4 is 4.74 Å². The molecule has 0 aliphatic rings. The van der Waals surface area contributed by atoms with E-state index in [4.69, 9.17) is 9.84 Å². The maximum atomic E-state index is 10.9. The van der Waals surface area contributed by atoms with Gasteiger partial charge in [0.2, 0.25) is 5.88 Å². The van der Waals surface area contributed by atoms with Gasteiger partial charge in [0.1, 0.15) is 12.1 Å². The molecule has 104 valence electrons. The standard InChI is InChI=1S/C15H16N2O3/c1-9(2)12-7-14(17-8-16-12)20-13-5-4-11(15(18)19)6-10(13)3/h4-9H,1-3H3,(H,18,19). The zero-order valence-corrected chi connectivity index (χ0v) is 11.6. The molecule has 0 unspecified atom stereocenters. The van der Waals surface area contributed by atoms with Crippen molar-refractivity contribution in [2.75, 3.05) is 0 Å². The minimum atomic E-state index is -0.955. The van der Waals surface area contributed by atoms with Crippen LogP contribution in [0.4, 0.5) is 0 Å². The van der Waals surface area contributed by atoms with Crippen molar-refractivity contribution in [2.24, 2.45) is 0 Å². The molecule has 2 rings (SSSR count). The van der Waals surface area contributed by atoms with E-state index in [1.165, 1.54) is 12.4 Å². The summed E-state index contributed by atoms with van der Waals surface area (Å²) >= 11 is 0. The van der Waals surface area contributed by atoms with Crippen molar-refractivity contribution < 1.29 is 14.6 Å². The van der Waals surface area contributed by atoms with Crippen molar-refractivity contribution in [3.63, 3.8) is 0 Å². The van der Waals surface area contributed by atoms with Gasteiger partial charge in [-0.25, -0.2) is 14.8 Å². The lowest BCUT2D eigenvalue weighted by Gasteiger charge is -2.10. The normalized spacial score (nSPS) is 10.6. The smallest absolute Gasteiger partial charge is 0.335 e. The van der Waals surface area contributed by atoms with Crippen molar-refractivity contribution in [2.45, 2.75) is 26.7 Å². The Morgan fingerprint density at radius 2 is 2.00 bits per heavy atom. The van der Waals surface area contributed by atoms with Crippen LogP contribution in [0.25, 0.3) is 0 Å². The van der Waals surface area contributed by atoms with Gasteiger partial charge in [-0.3, -0.25) is 0 Å². The minimum absolute atomic E-state index is 0.236. The fourth-order valence-electron chi connectivity index (χ4n) is 1.73. The van der Waals surface area contributed by atoms with E-state index in [1.807, 2.05) is 13.8 Å². The monoisotopic (exact) mass is 272 g/mol. The minimum Gasteiger partial charge on any atom is -0.478 e. The fourth-order valence-corrected chi connectivity index (χ4v) is 1.73. The molecule has 20 heavy (non-hydrogen) atoms. The van der Waals surface area contributed by atoms with Crippen LogP contribution in [0.3, 0.4) is 0 Å². The second-order valence-electron chi connectivity index (χ2n) is 4.82. The third-order valence-corrected chi connectivity index (χ3v) is 2.89. The van der Waals surface area contributed by atoms with E-state index in [1.54, 1.807) is 25.1 Å². The summed E-state index contributed by atoms with van der Waals surface area (Å²) in [6, 6.07) is 6.50. The van der Waals surface area contributed by atoms with Gasteiger partial charge < -0.3 is 9.84 Å². The second kappa shape index (κ2) is 5.69. The van der Waals surface area contributed by atoms with Crippen LogP contribution in [0, 0.1) is 6.92 Å². The van der Waals surface area contributed by atoms with Crippen LogP contribution in [-0.2, 0) is 0 Å². The number of hydrogen-bond acceptors (Lipinski definition) is 4. The van der Waals surface area contributed by atoms with E-state index in [0.29, 0.717) is 11.6 Å². The van der Waals surface area contributed by atoms with Gasteiger partial charge in [-0.15, -0.1) is 0 Å². The Labute approximate surface area is 117 Å². The highest BCUT2D eigenvalue weighted by atomic mass is 16.5. The first-order valence-corrected chi connectivity index (χ1v) is 6.31. The number of aromatic nitrogens is 2. The van der Waals surface area contributed by atoms with Crippen LogP contribution in [-0.4, -0.2) is 21.0 Å². The van der Waals surface area contributed by atoms with Gasteiger partial charge >= 0.3 is 5.97 Å². The van der Waals surface area contributed by atoms with Crippen molar-refractivity contribution in [1.82, 2.24) is 9.97 Å². The first-order valence-electron chi connectivity index (χ1n) is 6.31. The number of carboxylic acid groups (broad SMARTS) is 1. The first-order chi connectivity index (χ1) is 9.47. The van der Waals surface area contributed by atoms with E-state index < -0.39 is 5.97 Å². The van der Waals surface area contributed by atoms with Gasteiger partial charge in [0.05, 0.1) is 11.3 Å². The second-order valence-corrected chi connectivity index (χ2v) is 4.82. The number of carboxylic acids is 1. The predicted octanol–water partition coefficient (Wildman–Crippen LogP) is 3.40. The largest absolute Gasteiger partial charge is 0.478 e. The number of benzene rings is 1. The van der Waals surface area contributed by atoms with Crippen LogP contribution in [0.2, 0.25) is 0 Å². The van der Waals surface area contributed by atoms with Gasteiger partial charge in [0.15, 0.2) is 0 Å². The zero-order valence-electron chi connectivity index (χ0n) is 11.6. The Kier molecular flexibility index (Phi) is 3.98. The fraction of sp³-hybridized carbons (Fsp3) is 0.267. The van der Waals surface area contributed by atoms with Crippen LogP contribution in [0.1, 0.15) is 41.4 Å². The summed E-state index contributed by atoms with van der Waals surface area (Å²) in [4.78, 5) is 19.1. The molecule has 0 saturated heterocycles. The number of carbonyl (C=O) groups is 1. The molecule has 0 aliphatic heterocycles. The van der Waals surface area contributed by atoms with E-state index in [2.05, 4.69) is 9.97 Å². The first kappa shape index (κ1) is 14.0. The molecule has 0 spiro atoms. The van der Waals surface area contributed by atoms with Crippen molar-refractivity contribution in [1.29, 1.82) is 0 Å². The number of rotatable bonds is 4. The molecule has 2 aromatic rings. The Balaban J connectivity index is 2.26. The number of hydrogen-bond donors (Lipinski definition) is 1. The maximum absolute atomic E-state index is 10.9. The van der Waals surface area contributed by atoms with Crippen molar-refractivity contribution in [3.05, 3.63) is 47.4 Å². The predicted molar refractivity (Wildman–Crippen MR) is 74.3 cm³/mol. The SMILES string of the molecule is Cc1cc(C(=O)O)ccc1Oc1cc(C(C)C)ncn1.